The second kappa shape index (κ2) is 8.11. The molecule has 1 heterocycles. The molecule has 0 aromatic heterocycles. The maximum atomic E-state index is 12.5. The molecule has 0 amide bonds. The van der Waals surface area contributed by atoms with Gasteiger partial charge in [0, 0.05) is 23.7 Å². The third-order valence-electron chi connectivity index (χ3n) is 4.43. The van der Waals surface area contributed by atoms with Crippen LogP contribution in [0.2, 0.25) is 0 Å². The zero-order chi connectivity index (χ0) is 21.0. The van der Waals surface area contributed by atoms with E-state index in [1.807, 2.05) is 90.4 Å². The van der Waals surface area contributed by atoms with Gasteiger partial charge in [-0.05, 0) is 114 Å². The first-order chi connectivity index (χ1) is 13.7. The van der Waals surface area contributed by atoms with E-state index in [2.05, 4.69) is 0 Å². The van der Waals surface area contributed by atoms with Crippen LogP contribution in [0.15, 0.2) is 45.6 Å². The minimum atomic E-state index is -1.06. The lowest BCUT2D eigenvalue weighted by molar-refractivity contribution is -0.270. The third-order valence-corrected chi connectivity index (χ3v) is 7.99. The van der Waals surface area contributed by atoms with Crippen molar-refractivity contribution in [2.24, 2.45) is 0 Å². The van der Waals surface area contributed by atoms with Gasteiger partial charge in [0.15, 0.2) is 5.76 Å². The molecular formula is C20H7I4O5-. The Morgan fingerprint density at radius 3 is 2.34 bits per heavy atom. The number of rotatable bonds is 2. The Kier molecular flexibility index (Phi) is 6.02. The van der Waals surface area contributed by atoms with Crippen LogP contribution in [0.4, 0.5) is 0 Å². The van der Waals surface area contributed by atoms with Crippen molar-refractivity contribution in [3.8, 4) is 28.2 Å². The molecule has 0 atom stereocenters. The lowest BCUT2D eigenvalue weighted by Gasteiger charge is -2.21. The number of aromatic carboxylic acids is 1. The molecule has 2 aliphatic rings. The minimum absolute atomic E-state index is 0.133. The highest BCUT2D eigenvalue weighted by molar-refractivity contribution is 14.1. The van der Waals surface area contributed by atoms with Crippen LogP contribution in [0.3, 0.4) is 0 Å². The van der Waals surface area contributed by atoms with Gasteiger partial charge in [-0.1, -0.05) is 23.9 Å². The van der Waals surface area contributed by atoms with Crippen molar-refractivity contribution in [2.75, 3.05) is 0 Å². The molecule has 1 aliphatic carbocycles. The molecular weight excluding hydrogens is 828 g/mol. The number of carbonyl (C=O) groups is 1. The number of hydrogen-bond acceptors (Lipinski definition) is 4. The zero-order valence-corrected chi connectivity index (χ0v) is 22.7. The highest BCUT2D eigenvalue weighted by Gasteiger charge is 2.26. The number of benzene rings is 3. The van der Waals surface area contributed by atoms with Crippen molar-refractivity contribution < 1.29 is 19.4 Å². The summed E-state index contributed by atoms with van der Waals surface area (Å²) in [5, 5.41) is 22.9. The highest BCUT2D eigenvalue weighted by atomic mass is 127. The van der Waals surface area contributed by atoms with Gasteiger partial charge in [0.25, 0.3) is 0 Å². The van der Waals surface area contributed by atoms with Crippen LogP contribution >= 0.6 is 90.4 Å². The quantitative estimate of drug-likeness (QED) is 0.205. The van der Waals surface area contributed by atoms with Crippen molar-refractivity contribution in [2.45, 2.75) is 0 Å². The molecule has 0 fully saturated rings. The van der Waals surface area contributed by atoms with E-state index in [1.54, 1.807) is 30.3 Å². The van der Waals surface area contributed by atoms with Gasteiger partial charge in [-0.25, -0.2) is 4.79 Å². The Morgan fingerprint density at radius 2 is 1.66 bits per heavy atom. The van der Waals surface area contributed by atoms with Crippen LogP contribution in [-0.2, 0) is 0 Å². The second-order valence-electron chi connectivity index (χ2n) is 6.08. The maximum absolute atomic E-state index is 12.5. The highest BCUT2D eigenvalue weighted by Crippen LogP contribution is 2.46. The average Bonchev–Trinajstić information content (AvgIpc) is 2.69. The Labute approximate surface area is 218 Å². The van der Waals surface area contributed by atoms with Crippen molar-refractivity contribution in [3.63, 3.8) is 0 Å². The van der Waals surface area contributed by atoms with Crippen molar-refractivity contribution in [3.05, 3.63) is 66.5 Å². The number of halogens is 4. The fourth-order valence-electron chi connectivity index (χ4n) is 3.16. The summed E-state index contributed by atoms with van der Waals surface area (Å²) >= 11 is 7.81. The molecule has 1 N–H and O–H groups in total. The lowest BCUT2D eigenvalue weighted by atomic mass is 9.91. The number of fused-ring (bicyclic) bond motifs is 2. The number of hydrogen-bond donors (Lipinski definition) is 1. The predicted octanol–water partition coefficient (Wildman–Crippen LogP) is 5.76. The first-order valence-electron chi connectivity index (χ1n) is 7.98. The van der Waals surface area contributed by atoms with Gasteiger partial charge in [0.2, 0.25) is 5.43 Å². The smallest absolute Gasteiger partial charge is 0.336 e. The summed E-state index contributed by atoms with van der Waals surface area (Å²) in [6, 6.07) is 10.1. The van der Waals surface area contributed by atoms with E-state index < -0.39 is 5.97 Å². The molecule has 0 saturated carbocycles. The molecule has 2 aromatic carbocycles. The average molecular weight is 835 g/mol. The fourth-order valence-corrected chi connectivity index (χ4v) is 6.74. The largest absolute Gasteiger partial charge is 0.871 e. The Morgan fingerprint density at radius 1 is 0.966 bits per heavy atom. The van der Waals surface area contributed by atoms with Gasteiger partial charge in [-0.3, -0.25) is 4.79 Å². The molecule has 146 valence electrons. The molecule has 0 spiro atoms. The molecule has 9 heteroatoms. The van der Waals surface area contributed by atoms with E-state index >= 15 is 0 Å². The Balaban J connectivity index is 2.34. The van der Waals surface area contributed by atoms with Crippen LogP contribution in [-0.4, -0.2) is 11.1 Å². The maximum Gasteiger partial charge on any atom is 0.336 e. The monoisotopic (exact) mass is 835 g/mol. The predicted molar refractivity (Wildman–Crippen MR) is 142 cm³/mol. The van der Waals surface area contributed by atoms with Gasteiger partial charge in [0.05, 0.1) is 9.13 Å². The SMILES string of the molecule is O=C(O)c1ccccc1-c1c2cc(I)c(=O)c(I)c-2oc2c(I)c([O-])c(I)cc12. The minimum Gasteiger partial charge on any atom is -0.871 e. The first kappa shape index (κ1) is 21.5. The van der Waals surface area contributed by atoms with Crippen molar-refractivity contribution >= 4 is 107 Å². The molecule has 2 aromatic rings. The Bertz CT molecular complexity index is 1360. The summed E-state index contributed by atoms with van der Waals surface area (Å²) in [7, 11) is 0. The summed E-state index contributed by atoms with van der Waals surface area (Å²) < 4.78 is 7.87. The van der Waals surface area contributed by atoms with Crippen LogP contribution in [0.25, 0.3) is 33.4 Å². The standard InChI is InChI=1S/C20H8I4O5/c21-11-5-9-13(7-3-1-2-4-8(7)20(27)28)10-6-12(22)17(26)15(24)19(10)29-18(9)14(23)16(11)25/h1-6,25H,(H,27,28)/p-1. The van der Waals surface area contributed by atoms with Gasteiger partial charge < -0.3 is 14.6 Å². The van der Waals surface area contributed by atoms with Gasteiger partial charge in [-0.2, -0.15) is 0 Å². The van der Waals surface area contributed by atoms with Gasteiger partial charge in [0.1, 0.15) is 9.15 Å². The fraction of sp³-hybridized carbons (Fsp3) is 0. The second-order valence-corrected chi connectivity index (χ2v) is 10.6. The van der Waals surface area contributed by atoms with E-state index in [-0.39, 0.29) is 16.7 Å². The molecule has 1 aliphatic heterocycles. The molecule has 0 saturated heterocycles. The molecule has 29 heavy (non-hydrogen) atoms. The summed E-state index contributed by atoms with van der Waals surface area (Å²) in [5.41, 5.74) is 2.07. The van der Waals surface area contributed by atoms with Crippen LogP contribution in [0.5, 0.6) is 5.75 Å². The molecule has 5 nitrogen and oxygen atoms in total. The van der Waals surface area contributed by atoms with Crippen molar-refractivity contribution in [1.82, 2.24) is 0 Å². The molecule has 0 bridgehead atoms. The Hall–Kier alpha value is -0.680. The van der Waals surface area contributed by atoms with E-state index in [0.29, 0.717) is 47.7 Å². The lowest BCUT2D eigenvalue weighted by Crippen LogP contribution is -2.12. The molecule has 4 rings (SSSR count). The van der Waals surface area contributed by atoms with E-state index in [4.69, 9.17) is 4.42 Å². The zero-order valence-electron chi connectivity index (χ0n) is 14.1. The summed E-state index contributed by atoms with van der Waals surface area (Å²) in [6.45, 7) is 0. The molecule has 0 radical (unpaired) electrons. The first-order valence-corrected chi connectivity index (χ1v) is 12.3. The normalized spacial score (nSPS) is 11.3. The number of carboxylic acids is 1. The van der Waals surface area contributed by atoms with Crippen LogP contribution < -0.4 is 10.5 Å². The van der Waals surface area contributed by atoms with Gasteiger partial charge in [-0.15, -0.1) is 0 Å². The van der Waals surface area contributed by atoms with Gasteiger partial charge >= 0.3 is 5.97 Å². The molecule has 0 unspecified atom stereocenters. The third kappa shape index (κ3) is 3.54. The summed E-state index contributed by atoms with van der Waals surface area (Å²) in [5.74, 6) is -0.878. The van der Waals surface area contributed by atoms with E-state index in [1.165, 1.54) is 6.07 Å². The summed E-state index contributed by atoms with van der Waals surface area (Å²) in [6.07, 6.45) is 0. The number of carboxylic acid groups (broad SMARTS) is 1. The van der Waals surface area contributed by atoms with Crippen molar-refractivity contribution in [1.29, 1.82) is 0 Å². The topological polar surface area (TPSA) is 90.6 Å². The van der Waals surface area contributed by atoms with E-state index in [9.17, 15) is 19.8 Å². The summed E-state index contributed by atoms with van der Waals surface area (Å²) in [4.78, 5) is 24.4. The van der Waals surface area contributed by atoms with Crippen LogP contribution in [0, 0.1) is 14.3 Å². The van der Waals surface area contributed by atoms with E-state index in [0.717, 1.165) is 0 Å². The van der Waals surface area contributed by atoms with Crippen LogP contribution in [0.1, 0.15) is 10.4 Å².